The van der Waals surface area contributed by atoms with Crippen LogP contribution < -0.4 is 5.32 Å². The zero-order chi connectivity index (χ0) is 22.8. The molecule has 2 aliphatic heterocycles. The van der Waals surface area contributed by atoms with E-state index < -0.39 is 11.3 Å². The summed E-state index contributed by atoms with van der Waals surface area (Å²) in [6, 6.07) is 26.3. The number of amides is 2. The van der Waals surface area contributed by atoms with Crippen LogP contribution in [0.15, 0.2) is 94.9 Å². The molecule has 164 valence electrons. The SMILES string of the molecule is CC(SC1=Nc2ccccc2C2=NC(Cc3ccccc3)C(=O)N12)C(=O)Nc1ccccc1. The normalized spacial score (nSPS) is 17.5. The fourth-order valence-corrected chi connectivity index (χ4v) is 4.74. The molecule has 2 aliphatic rings. The molecule has 0 fully saturated rings. The lowest BCUT2D eigenvalue weighted by Gasteiger charge is -2.26. The molecule has 2 unspecified atom stereocenters. The number of anilines is 1. The van der Waals surface area contributed by atoms with Crippen LogP contribution in [0.3, 0.4) is 0 Å². The number of hydrogen-bond acceptors (Lipinski definition) is 5. The molecule has 33 heavy (non-hydrogen) atoms. The van der Waals surface area contributed by atoms with Crippen LogP contribution in [0.1, 0.15) is 18.1 Å². The zero-order valence-corrected chi connectivity index (χ0v) is 18.8. The maximum atomic E-state index is 13.4. The molecule has 5 rings (SSSR count). The highest BCUT2D eigenvalue weighted by Gasteiger charge is 2.42. The largest absolute Gasteiger partial charge is 0.325 e. The maximum absolute atomic E-state index is 13.4. The molecule has 0 saturated heterocycles. The highest BCUT2D eigenvalue weighted by Crippen LogP contribution is 2.35. The van der Waals surface area contributed by atoms with Crippen molar-refractivity contribution >= 4 is 46.0 Å². The minimum atomic E-state index is -0.521. The Morgan fingerprint density at radius 2 is 1.67 bits per heavy atom. The average molecular weight is 455 g/mol. The molecular weight excluding hydrogens is 432 g/mol. The van der Waals surface area contributed by atoms with E-state index in [9.17, 15) is 9.59 Å². The number of carbonyl (C=O) groups is 2. The van der Waals surface area contributed by atoms with Crippen molar-refractivity contribution in [3.05, 3.63) is 96.1 Å². The van der Waals surface area contributed by atoms with Crippen LogP contribution in [-0.4, -0.2) is 39.0 Å². The lowest BCUT2D eigenvalue weighted by Crippen LogP contribution is -2.42. The highest BCUT2D eigenvalue weighted by atomic mass is 32.2. The summed E-state index contributed by atoms with van der Waals surface area (Å²) in [6.45, 7) is 1.81. The summed E-state index contributed by atoms with van der Waals surface area (Å²) in [6.07, 6.45) is 0.518. The van der Waals surface area contributed by atoms with Gasteiger partial charge in [0.05, 0.1) is 10.9 Å². The Balaban J connectivity index is 1.41. The van der Waals surface area contributed by atoms with Gasteiger partial charge in [-0.05, 0) is 36.8 Å². The number of aliphatic imine (C=N–C) groups is 2. The standard InChI is InChI=1S/C26H22N4O2S/c1-17(24(31)27-19-12-6-3-7-13-19)33-26-29-21-15-9-8-14-20(21)23-28-22(25(32)30(23)26)16-18-10-4-2-5-11-18/h2-15,17,22H,16H2,1H3,(H,27,31). The molecule has 3 aromatic rings. The van der Waals surface area contributed by atoms with Gasteiger partial charge in [0.2, 0.25) is 5.91 Å². The second kappa shape index (κ2) is 9.03. The van der Waals surface area contributed by atoms with Crippen molar-refractivity contribution in [2.24, 2.45) is 9.98 Å². The van der Waals surface area contributed by atoms with E-state index in [1.165, 1.54) is 11.8 Å². The van der Waals surface area contributed by atoms with Crippen molar-refractivity contribution in [2.45, 2.75) is 24.6 Å². The molecule has 2 amide bonds. The summed E-state index contributed by atoms with van der Waals surface area (Å²) in [5.74, 6) is 0.328. The first kappa shape index (κ1) is 21.2. The first-order valence-corrected chi connectivity index (χ1v) is 11.6. The number of benzene rings is 3. The molecule has 0 aliphatic carbocycles. The number of fused-ring (bicyclic) bond motifs is 3. The lowest BCUT2D eigenvalue weighted by molar-refractivity contribution is -0.124. The molecule has 1 N–H and O–H groups in total. The van der Waals surface area contributed by atoms with Gasteiger partial charge >= 0.3 is 0 Å². The fraction of sp³-hybridized carbons (Fsp3) is 0.154. The number of para-hydroxylation sites is 2. The summed E-state index contributed by atoms with van der Waals surface area (Å²) in [5, 5.41) is 2.93. The van der Waals surface area contributed by atoms with Crippen LogP contribution in [0.5, 0.6) is 0 Å². The Morgan fingerprint density at radius 3 is 2.42 bits per heavy atom. The molecule has 3 aromatic carbocycles. The number of carbonyl (C=O) groups excluding carboxylic acids is 2. The average Bonchev–Trinajstić information content (AvgIpc) is 3.17. The number of amidine groups is 2. The predicted molar refractivity (Wildman–Crippen MR) is 133 cm³/mol. The smallest absolute Gasteiger partial charge is 0.259 e. The van der Waals surface area contributed by atoms with Crippen molar-refractivity contribution in [1.82, 2.24) is 4.90 Å². The first-order chi connectivity index (χ1) is 16.1. The van der Waals surface area contributed by atoms with Crippen LogP contribution in [0, 0.1) is 0 Å². The Morgan fingerprint density at radius 1 is 1.00 bits per heavy atom. The number of nitrogens with one attached hydrogen (secondary N) is 1. The molecule has 2 heterocycles. The summed E-state index contributed by atoms with van der Waals surface area (Å²) in [5.41, 5.74) is 3.36. The number of thioether (sulfide) groups is 1. The molecular formula is C26H22N4O2S. The Kier molecular flexibility index (Phi) is 5.79. The van der Waals surface area contributed by atoms with Gasteiger partial charge in [0.15, 0.2) is 5.17 Å². The minimum Gasteiger partial charge on any atom is -0.325 e. The van der Waals surface area contributed by atoms with E-state index in [1.807, 2.05) is 91.9 Å². The van der Waals surface area contributed by atoms with Crippen LogP contribution in [0.2, 0.25) is 0 Å². The van der Waals surface area contributed by atoms with E-state index in [-0.39, 0.29) is 11.8 Å². The molecule has 0 radical (unpaired) electrons. The quantitative estimate of drug-likeness (QED) is 0.610. The summed E-state index contributed by atoms with van der Waals surface area (Å²) in [7, 11) is 0. The third-order valence-corrected chi connectivity index (χ3v) is 6.56. The Labute approximate surface area is 196 Å². The van der Waals surface area contributed by atoms with Crippen molar-refractivity contribution in [3.63, 3.8) is 0 Å². The van der Waals surface area contributed by atoms with Gasteiger partial charge in [-0.15, -0.1) is 0 Å². The van der Waals surface area contributed by atoms with E-state index in [1.54, 1.807) is 4.90 Å². The number of rotatable bonds is 5. The van der Waals surface area contributed by atoms with Crippen molar-refractivity contribution in [2.75, 3.05) is 5.32 Å². The van der Waals surface area contributed by atoms with Gasteiger partial charge in [0, 0.05) is 17.7 Å². The summed E-state index contributed by atoms with van der Waals surface area (Å²) >= 11 is 1.26. The molecule has 0 spiro atoms. The van der Waals surface area contributed by atoms with E-state index in [0.717, 1.165) is 22.5 Å². The number of nitrogens with zero attached hydrogens (tertiary/aromatic N) is 3. The third-order valence-electron chi connectivity index (χ3n) is 5.51. The van der Waals surface area contributed by atoms with Gasteiger partial charge in [-0.25, -0.2) is 9.89 Å². The molecule has 0 bridgehead atoms. The maximum Gasteiger partial charge on any atom is 0.259 e. The van der Waals surface area contributed by atoms with Crippen LogP contribution in [0.25, 0.3) is 0 Å². The van der Waals surface area contributed by atoms with E-state index >= 15 is 0 Å². The predicted octanol–water partition coefficient (Wildman–Crippen LogP) is 4.65. The van der Waals surface area contributed by atoms with Crippen molar-refractivity contribution in [3.8, 4) is 0 Å². The monoisotopic (exact) mass is 454 g/mol. The highest BCUT2D eigenvalue weighted by molar-refractivity contribution is 8.15. The number of hydrogen-bond donors (Lipinski definition) is 1. The third kappa shape index (κ3) is 4.32. The van der Waals surface area contributed by atoms with E-state index in [0.29, 0.717) is 17.4 Å². The fourth-order valence-electron chi connectivity index (χ4n) is 3.83. The molecule has 7 heteroatoms. The summed E-state index contributed by atoms with van der Waals surface area (Å²) < 4.78 is 0. The lowest BCUT2D eigenvalue weighted by atomic mass is 10.1. The van der Waals surface area contributed by atoms with E-state index in [4.69, 9.17) is 9.98 Å². The van der Waals surface area contributed by atoms with Gasteiger partial charge in [0.25, 0.3) is 5.91 Å². The van der Waals surface area contributed by atoms with Gasteiger partial charge in [-0.3, -0.25) is 14.6 Å². The second-order valence-electron chi connectivity index (χ2n) is 7.86. The topological polar surface area (TPSA) is 74.1 Å². The second-order valence-corrected chi connectivity index (χ2v) is 9.17. The van der Waals surface area contributed by atoms with Gasteiger partial charge in [-0.1, -0.05) is 72.4 Å². The minimum absolute atomic E-state index is 0.120. The Bertz CT molecular complexity index is 1260. The Hall–Kier alpha value is -3.71. The van der Waals surface area contributed by atoms with Crippen LogP contribution in [-0.2, 0) is 16.0 Å². The van der Waals surface area contributed by atoms with Crippen LogP contribution in [0.4, 0.5) is 11.4 Å². The van der Waals surface area contributed by atoms with Crippen molar-refractivity contribution < 1.29 is 9.59 Å². The van der Waals surface area contributed by atoms with Crippen LogP contribution >= 0.6 is 11.8 Å². The summed E-state index contributed by atoms with van der Waals surface area (Å²) in [4.78, 5) is 37.3. The molecule has 0 saturated carbocycles. The molecule has 2 atom stereocenters. The van der Waals surface area contributed by atoms with Gasteiger partial charge in [0.1, 0.15) is 11.9 Å². The van der Waals surface area contributed by atoms with E-state index in [2.05, 4.69) is 5.32 Å². The van der Waals surface area contributed by atoms with Gasteiger partial charge in [-0.2, -0.15) is 0 Å². The van der Waals surface area contributed by atoms with Gasteiger partial charge < -0.3 is 5.32 Å². The molecule has 0 aromatic heterocycles. The zero-order valence-electron chi connectivity index (χ0n) is 18.0. The van der Waals surface area contributed by atoms with Crippen molar-refractivity contribution in [1.29, 1.82) is 0 Å². The molecule has 6 nitrogen and oxygen atoms in total. The first-order valence-electron chi connectivity index (χ1n) is 10.8.